The predicted octanol–water partition coefficient (Wildman–Crippen LogP) is 15.3. The number of carbonyl (C=O) groups excluding carboxylic acids is 2. The summed E-state index contributed by atoms with van der Waals surface area (Å²) < 4.78 is 17.6. The molecule has 450 valence electrons. The zero-order chi connectivity index (χ0) is 56.8. The highest BCUT2D eigenvalue weighted by atomic mass is 16.7. The molecule has 0 radical (unpaired) electrons. The number of ether oxygens (including phenoxy) is 3. The molecule has 1 rings (SSSR count). The van der Waals surface area contributed by atoms with E-state index < -0.39 is 67.4 Å². The number of carbonyl (C=O) groups is 2. The number of aliphatic hydroxyl groups excluding tert-OH is 5. The van der Waals surface area contributed by atoms with E-state index in [0.29, 0.717) is 19.3 Å². The number of unbranched alkanes of at least 4 members (excludes halogenated alkanes) is 27. The lowest BCUT2D eigenvalue weighted by atomic mass is 9.99. The molecule has 1 aliphatic rings. The first kappa shape index (κ1) is 72.9. The van der Waals surface area contributed by atoms with E-state index in [-0.39, 0.29) is 13.0 Å². The van der Waals surface area contributed by atoms with Crippen molar-refractivity contribution in [2.45, 2.75) is 314 Å². The van der Waals surface area contributed by atoms with Crippen LogP contribution in [-0.4, -0.2) is 99.6 Å². The number of esters is 1. The van der Waals surface area contributed by atoms with E-state index in [1.165, 1.54) is 109 Å². The lowest BCUT2D eigenvalue weighted by molar-refractivity contribution is -0.305. The number of amides is 1. The number of rotatable bonds is 53. The van der Waals surface area contributed by atoms with Crippen LogP contribution in [0.2, 0.25) is 0 Å². The second-order valence-electron chi connectivity index (χ2n) is 21.8. The fraction of sp³-hybridized carbons (Fsp3) is 0.761. The number of allylic oxidation sites excluding steroid dienone is 13. The maximum Gasteiger partial charge on any atom is 0.306 e. The molecule has 1 heterocycles. The Morgan fingerprint density at radius 2 is 0.923 bits per heavy atom. The van der Waals surface area contributed by atoms with Gasteiger partial charge in [0.05, 0.1) is 25.4 Å². The molecule has 8 unspecified atom stereocenters. The second kappa shape index (κ2) is 54.4. The van der Waals surface area contributed by atoms with Crippen LogP contribution in [0.4, 0.5) is 0 Å². The maximum atomic E-state index is 13.4. The highest BCUT2D eigenvalue weighted by Crippen LogP contribution is 2.26. The van der Waals surface area contributed by atoms with Gasteiger partial charge >= 0.3 is 5.97 Å². The van der Waals surface area contributed by atoms with Crippen LogP contribution in [0.3, 0.4) is 0 Å². The Morgan fingerprint density at radius 3 is 1.38 bits per heavy atom. The topological polar surface area (TPSA) is 175 Å². The van der Waals surface area contributed by atoms with Gasteiger partial charge in [0.15, 0.2) is 12.4 Å². The van der Waals surface area contributed by atoms with E-state index in [2.05, 4.69) is 99.0 Å². The lowest BCUT2D eigenvalue weighted by Gasteiger charge is -2.41. The molecule has 0 aromatic heterocycles. The summed E-state index contributed by atoms with van der Waals surface area (Å²) in [6.45, 7) is 5.65. The standard InChI is InChI=1S/C67H117NO10/c1-4-7-10-13-16-19-22-24-25-26-27-28-29-30-31-32-33-34-35-36-37-38-40-43-46-49-52-55-62(72)78-65-64(74)63(73)61(56-69)77-67(65)76-57-58(59(70)53-50-47-44-42-39-23-20-17-14-11-8-5-2)68-66(75)60(71)54-51-48-45-41-21-18-15-12-9-6-3/h7,10,16,19,24-25,27-28,30-31,33-34,50,53,58-61,63-65,67,69-71,73-74H,4-6,8-9,11-15,17-18,20-23,26,29,32,35-49,51-52,54-57H2,1-3H3,(H,68,75)/b10-7-,19-16-,25-24-,28-27-,31-30-,34-33-,53-50+. The molecule has 11 heteroatoms. The summed E-state index contributed by atoms with van der Waals surface area (Å²) in [6, 6.07) is -1.03. The summed E-state index contributed by atoms with van der Waals surface area (Å²) in [5.41, 5.74) is 0. The molecule has 78 heavy (non-hydrogen) atoms. The van der Waals surface area contributed by atoms with E-state index >= 15 is 0 Å². The van der Waals surface area contributed by atoms with Gasteiger partial charge in [-0.15, -0.1) is 0 Å². The van der Waals surface area contributed by atoms with Crippen molar-refractivity contribution in [1.29, 1.82) is 0 Å². The second-order valence-corrected chi connectivity index (χ2v) is 21.8. The van der Waals surface area contributed by atoms with Crippen LogP contribution in [-0.2, 0) is 23.8 Å². The van der Waals surface area contributed by atoms with Crippen LogP contribution in [0.25, 0.3) is 0 Å². The number of hydrogen-bond donors (Lipinski definition) is 6. The van der Waals surface area contributed by atoms with Crippen molar-refractivity contribution in [3.05, 3.63) is 85.1 Å². The highest BCUT2D eigenvalue weighted by molar-refractivity contribution is 5.80. The van der Waals surface area contributed by atoms with Gasteiger partial charge in [0.25, 0.3) is 0 Å². The Labute approximate surface area is 476 Å². The Morgan fingerprint density at radius 1 is 0.513 bits per heavy atom. The SMILES string of the molecule is CC/C=C\C/C=C\C/C=C\C/C=C\C/C=C\C/C=C\CCCCCCCCCCC(=O)OC1C(OCC(NC(=O)C(O)CCCCCCCCCCCC)C(O)/C=C/CCCCCCCCCCCC)OC(CO)C(O)C1O. The number of aliphatic hydroxyl groups is 5. The minimum absolute atomic E-state index is 0.111. The number of nitrogens with one attached hydrogen (secondary N) is 1. The van der Waals surface area contributed by atoms with Gasteiger partial charge in [0.1, 0.15) is 24.4 Å². The Balaban J connectivity index is 2.57. The van der Waals surface area contributed by atoms with Gasteiger partial charge in [0.2, 0.25) is 5.91 Å². The average Bonchev–Trinajstić information content (AvgIpc) is 3.45. The van der Waals surface area contributed by atoms with Gasteiger partial charge in [-0.1, -0.05) is 266 Å². The molecule has 0 aromatic rings. The molecule has 1 aliphatic heterocycles. The first-order chi connectivity index (χ1) is 38.2. The van der Waals surface area contributed by atoms with Crippen molar-refractivity contribution in [3.8, 4) is 0 Å². The van der Waals surface area contributed by atoms with Crippen molar-refractivity contribution < 1.29 is 49.3 Å². The van der Waals surface area contributed by atoms with Gasteiger partial charge in [0, 0.05) is 6.42 Å². The van der Waals surface area contributed by atoms with E-state index in [1.807, 2.05) is 6.08 Å². The highest BCUT2D eigenvalue weighted by Gasteiger charge is 2.47. The van der Waals surface area contributed by atoms with Crippen molar-refractivity contribution in [1.82, 2.24) is 5.32 Å². The molecular weight excluding hydrogens is 979 g/mol. The van der Waals surface area contributed by atoms with E-state index in [0.717, 1.165) is 109 Å². The van der Waals surface area contributed by atoms with Crippen molar-refractivity contribution in [2.24, 2.45) is 0 Å². The first-order valence-electron chi connectivity index (χ1n) is 31.9. The third kappa shape index (κ3) is 41.8. The molecule has 8 atom stereocenters. The monoisotopic (exact) mass is 1100 g/mol. The molecule has 0 saturated carbocycles. The molecule has 6 N–H and O–H groups in total. The summed E-state index contributed by atoms with van der Waals surface area (Å²) >= 11 is 0. The zero-order valence-electron chi connectivity index (χ0n) is 49.8. The van der Waals surface area contributed by atoms with Crippen molar-refractivity contribution in [2.75, 3.05) is 13.2 Å². The third-order valence-electron chi connectivity index (χ3n) is 14.6. The molecule has 0 spiro atoms. The van der Waals surface area contributed by atoms with Crippen LogP contribution in [0.5, 0.6) is 0 Å². The third-order valence-corrected chi connectivity index (χ3v) is 14.6. The zero-order valence-corrected chi connectivity index (χ0v) is 49.8. The summed E-state index contributed by atoms with van der Waals surface area (Å²) in [7, 11) is 0. The van der Waals surface area contributed by atoms with Crippen LogP contribution in [0.1, 0.15) is 265 Å². The minimum atomic E-state index is -1.62. The maximum absolute atomic E-state index is 13.4. The largest absolute Gasteiger partial charge is 0.454 e. The van der Waals surface area contributed by atoms with Crippen LogP contribution >= 0.6 is 0 Å². The molecule has 1 saturated heterocycles. The molecule has 0 aliphatic carbocycles. The molecule has 0 bridgehead atoms. The van der Waals surface area contributed by atoms with Gasteiger partial charge in [-0.25, -0.2) is 0 Å². The van der Waals surface area contributed by atoms with Crippen molar-refractivity contribution >= 4 is 11.9 Å². The smallest absolute Gasteiger partial charge is 0.306 e. The molecular formula is C67H117NO10. The van der Waals surface area contributed by atoms with E-state index in [9.17, 15) is 35.1 Å². The number of hydrogen-bond acceptors (Lipinski definition) is 10. The van der Waals surface area contributed by atoms with E-state index in [1.54, 1.807) is 6.08 Å². The van der Waals surface area contributed by atoms with Gasteiger partial charge < -0.3 is 45.1 Å². The predicted molar refractivity (Wildman–Crippen MR) is 324 cm³/mol. The summed E-state index contributed by atoms with van der Waals surface area (Å²) in [6.07, 6.45) is 60.6. The minimum Gasteiger partial charge on any atom is -0.454 e. The molecule has 1 amide bonds. The first-order valence-corrected chi connectivity index (χ1v) is 31.9. The summed E-state index contributed by atoms with van der Waals surface area (Å²) in [5.74, 6) is -1.20. The van der Waals surface area contributed by atoms with Gasteiger partial charge in [-0.2, -0.15) is 0 Å². The summed E-state index contributed by atoms with van der Waals surface area (Å²) in [5, 5.41) is 56.9. The Bertz CT molecular complexity index is 1590. The average molecular weight is 1100 g/mol. The summed E-state index contributed by atoms with van der Waals surface area (Å²) in [4.78, 5) is 26.5. The molecule has 11 nitrogen and oxygen atoms in total. The van der Waals surface area contributed by atoms with Crippen LogP contribution < -0.4 is 5.32 Å². The quantitative estimate of drug-likeness (QED) is 0.0195. The van der Waals surface area contributed by atoms with E-state index in [4.69, 9.17) is 14.2 Å². The van der Waals surface area contributed by atoms with Crippen LogP contribution in [0.15, 0.2) is 85.1 Å². The normalized spacial score (nSPS) is 19.5. The fourth-order valence-electron chi connectivity index (χ4n) is 9.54. The Hall–Kier alpha value is -3.16. The van der Waals surface area contributed by atoms with Gasteiger partial charge in [-0.05, 0) is 77.0 Å². The molecule has 0 aromatic carbocycles. The van der Waals surface area contributed by atoms with Crippen LogP contribution in [0, 0.1) is 0 Å². The van der Waals surface area contributed by atoms with Gasteiger partial charge in [-0.3, -0.25) is 9.59 Å². The Kier molecular flexibility index (Phi) is 50.8. The molecule has 1 fully saturated rings. The fourth-order valence-corrected chi connectivity index (χ4v) is 9.54. The lowest BCUT2D eigenvalue weighted by Crippen LogP contribution is -2.61. The van der Waals surface area contributed by atoms with Crippen molar-refractivity contribution in [3.63, 3.8) is 0 Å².